The Labute approximate surface area is 131 Å². The zero-order valence-corrected chi connectivity index (χ0v) is 12.8. The van der Waals surface area contributed by atoms with E-state index < -0.39 is 12.7 Å². The summed E-state index contributed by atoms with van der Waals surface area (Å²) in [6.45, 7) is 0.987. The van der Waals surface area contributed by atoms with Crippen molar-refractivity contribution in [2.75, 3.05) is 18.0 Å². The van der Waals surface area contributed by atoms with Gasteiger partial charge in [0.15, 0.2) is 5.82 Å². The van der Waals surface area contributed by atoms with E-state index in [-0.39, 0.29) is 6.04 Å². The van der Waals surface area contributed by atoms with Crippen LogP contribution in [0.3, 0.4) is 0 Å². The number of alkyl halides is 3. The Kier molecular flexibility index (Phi) is 4.29. The highest BCUT2D eigenvalue weighted by Gasteiger charge is 2.29. The summed E-state index contributed by atoms with van der Waals surface area (Å²) in [4.78, 5) is 6.18. The summed E-state index contributed by atoms with van der Waals surface area (Å²) in [5.74, 6) is 1.33. The summed E-state index contributed by atoms with van der Waals surface area (Å²) < 4.78 is 40.4. The molecule has 1 N–H and O–H groups in total. The van der Waals surface area contributed by atoms with Crippen molar-refractivity contribution >= 4 is 5.82 Å². The van der Waals surface area contributed by atoms with Crippen LogP contribution in [0.1, 0.15) is 12.2 Å². The lowest BCUT2D eigenvalue weighted by atomic mass is 10.2. The third-order valence-electron chi connectivity index (χ3n) is 3.91. The third kappa shape index (κ3) is 4.04. The third-order valence-corrected chi connectivity index (χ3v) is 3.91. The molecule has 2 aromatic heterocycles. The van der Waals surface area contributed by atoms with Crippen LogP contribution >= 0.6 is 0 Å². The average Bonchev–Trinajstić information content (AvgIpc) is 3.15. The van der Waals surface area contributed by atoms with E-state index in [1.165, 1.54) is 12.4 Å². The molecule has 1 aliphatic heterocycles. The minimum absolute atomic E-state index is 0.216. The molecule has 9 heteroatoms. The number of rotatable bonds is 5. The molecule has 1 saturated heterocycles. The molecule has 0 saturated carbocycles. The first kappa shape index (κ1) is 15.9. The second-order valence-electron chi connectivity index (χ2n) is 5.75. The van der Waals surface area contributed by atoms with Gasteiger partial charge in [0, 0.05) is 50.8 Å². The summed E-state index contributed by atoms with van der Waals surface area (Å²) in [5, 5.41) is 7.65. The molecular weight excluding hydrogens is 309 g/mol. The summed E-state index contributed by atoms with van der Waals surface area (Å²) in [7, 11) is 1.87. The maximum atomic E-state index is 12.5. The number of nitrogens with zero attached hydrogens (tertiary/aromatic N) is 5. The number of aryl methyl sites for hydroxylation is 1. The first-order chi connectivity index (χ1) is 10.9. The molecular formula is C14H19F3N6. The van der Waals surface area contributed by atoms with Crippen molar-refractivity contribution in [1.82, 2.24) is 24.6 Å². The van der Waals surface area contributed by atoms with E-state index in [9.17, 15) is 13.2 Å². The topological polar surface area (TPSA) is 50.9 Å². The van der Waals surface area contributed by atoms with Crippen molar-refractivity contribution in [3.05, 3.63) is 30.5 Å². The monoisotopic (exact) mass is 328 g/mol. The van der Waals surface area contributed by atoms with Gasteiger partial charge in [0.25, 0.3) is 0 Å². The van der Waals surface area contributed by atoms with Crippen molar-refractivity contribution < 1.29 is 13.2 Å². The second-order valence-corrected chi connectivity index (χ2v) is 5.75. The van der Waals surface area contributed by atoms with Crippen molar-refractivity contribution in [3.8, 4) is 0 Å². The lowest BCUT2D eigenvalue weighted by molar-refractivity contribution is -0.141. The Hall–Kier alpha value is -2.03. The number of imidazole rings is 1. The Balaban J connectivity index is 1.53. The van der Waals surface area contributed by atoms with Crippen LogP contribution in [0.25, 0.3) is 0 Å². The lowest BCUT2D eigenvalue weighted by Crippen LogP contribution is -2.33. The molecule has 6 nitrogen and oxygen atoms in total. The van der Waals surface area contributed by atoms with Gasteiger partial charge in [0.05, 0.1) is 6.54 Å². The molecule has 126 valence electrons. The van der Waals surface area contributed by atoms with Gasteiger partial charge in [-0.15, -0.1) is 0 Å². The van der Waals surface area contributed by atoms with Gasteiger partial charge in [-0.3, -0.25) is 4.68 Å². The zero-order chi connectivity index (χ0) is 16.4. The Bertz CT molecular complexity index is 647. The number of hydrogen-bond donors (Lipinski definition) is 1. The van der Waals surface area contributed by atoms with Gasteiger partial charge in [-0.1, -0.05) is 0 Å². The van der Waals surface area contributed by atoms with E-state index in [0.29, 0.717) is 12.4 Å². The summed E-state index contributed by atoms with van der Waals surface area (Å²) in [6, 6.07) is 2.17. The summed E-state index contributed by atoms with van der Waals surface area (Å²) >= 11 is 0. The molecule has 1 aliphatic rings. The van der Waals surface area contributed by atoms with Crippen LogP contribution in [0.15, 0.2) is 24.7 Å². The highest BCUT2D eigenvalue weighted by atomic mass is 19.4. The van der Waals surface area contributed by atoms with E-state index in [4.69, 9.17) is 0 Å². The van der Waals surface area contributed by atoms with Crippen LogP contribution in [-0.4, -0.2) is 44.6 Å². The molecule has 2 aromatic rings. The molecule has 0 aromatic carbocycles. The minimum Gasteiger partial charge on any atom is -0.354 e. The largest absolute Gasteiger partial charge is 0.406 e. The molecule has 0 radical (unpaired) electrons. The maximum absolute atomic E-state index is 12.5. The predicted molar refractivity (Wildman–Crippen MR) is 78.9 cm³/mol. The van der Waals surface area contributed by atoms with E-state index in [0.717, 1.165) is 29.9 Å². The molecule has 3 rings (SSSR count). The van der Waals surface area contributed by atoms with Crippen molar-refractivity contribution in [3.63, 3.8) is 0 Å². The fourth-order valence-corrected chi connectivity index (χ4v) is 2.79. The maximum Gasteiger partial charge on any atom is 0.406 e. The van der Waals surface area contributed by atoms with E-state index in [1.807, 2.05) is 19.3 Å². The van der Waals surface area contributed by atoms with E-state index in [1.54, 1.807) is 4.68 Å². The van der Waals surface area contributed by atoms with Gasteiger partial charge in [0.1, 0.15) is 12.4 Å². The van der Waals surface area contributed by atoms with Gasteiger partial charge in [-0.2, -0.15) is 18.3 Å². The smallest absolute Gasteiger partial charge is 0.354 e. The first-order valence-electron chi connectivity index (χ1n) is 7.45. The number of aromatic nitrogens is 4. The average molecular weight is 328 g/mol. The van der Waals surface area contributed by atoms with Gasteiger partial charge < -0.3 is 14.8 Å². The van der Waals surface area contributed by atoms with Crippen LogP contribution in [0.5, 0.6) is 0 Å². The SMILES string of the molecule is Cn1ccc(N2CCC(NCc3nccn3CC(F)(F)F)C2)n1. The molecule has 0 spiro atoms. The predicted octanol–water partition coefficient (Wildman–Crippen LogP) is 1.55. The molecule has 1 unspecified atom stereocenters. The highest BCUT2D eigenvalue weighted by molar-refractivity contribution is 5.38. The molecule has 0 aliphatic carbocycles. The van der Waals surface area contributed by atoms with Crippen molar-refractivity contribution in [2.45, 2.75) is 31.7 Å². The van der Waals surface area contributed by atoms with Gasteiger partial charge in [-0.05, 0) is 6.42 Å². The first-order valence-corrected chi connectivity index (χ1v) is 7.45. The van der Waals surface area contributed by atoms with Crippen LogP contribution in [0.4, 0.5) is 19.0 Å². The zero-order valence-electron chi connectivity index (χ0n) is 12.8. The molecule has 0 amide bonds. The number of nitrogens with one attached hydrogen (secondary N) is 1. The highest BCUT2D eigenvalue weighted by Crippen LogP contribution is 2.20. The Morgan fingerprint density at radius 2 is 2.17 bits per heavy atom. The molecule has 3 heterocycles. The lowest BCUT2D eigenvalue weighted by Gasteiger charge is -2.16. The van der Waals surface area contributed by atoms with Crippen molar-refractivity contribution in [1.29, 1.82) is 0 Å². The summed E-state index contributed by atoms with van der Waals surface area (Å²) in [5.41, 5.74) is 0. The van der Waals surface area contributed by atoms with E-state index >= 15 is 0 Å². The molecule has 1 fully saturated rings. The Morgan fingerprint density at radius 1 is 1.35 bits per heavy atom. The van der Waals surface area contributed by atoms with Gasteiger partial charge in [0.2, 0.25) is 0 Å². The number of hydrogen-bond acceptors (Lipinski definition) is 4. The standard InChI is InChI=1S/C14H19F3N6/c1-21-5-3-12(20-21)22-6-2-11(9-22)19-8-13-18-4-7-23(13)10-14(15,16)17/h3-5,7,11,19H,2,6,8-10H2,1H3. The van der Waals surface area contributed by atoms with Crippen LogP contribution in [0.2, 0.25) is 0 Å². The molecule has 23 heavy (non-hydrogen) atoms. The number of halogens is 3. The molecule has 1 atom stereocenters. The van der Waals surface area contributed by atoms with Crippen molar-refractivity contribution in [2.24, 2.45) is 7.05 Å². The van der Waals surface area contributed by atoms with Crippen LogP contribution in [-0.2, 0) is 20.1 Å². The van der Waals surface area contributed by atoms with Crippen LogP contribution in [0, 0.1) is 0 Å². The van der Waals surface area contributed by atoms with E-state index in [2.05, 4.69) is 20.3 Å². The van der Waals surface area contributed by atoms with Gasteiger partial charge in [-0.25, -0.2) is 4.98 Å². The quantitative estimate of drug-likeness (QED) is 0.905. The summed E-state index contributed by atoms with van der Waals surface area (Å²) in [6.07, 6.45) is 1.34. The Morgan fingerprint density at radius 3 is 2.87 bits per heavy atom. The van der Waals surface area contributed by atoms with Gasteiger partial charge >= 0.3 is 6.18 Å². The fourth-order valence-electron chi connectivity index (χ4n) is 2.79. The number of anilines is 1. The fraction of sp³-hybridized carbons (Fsp3) is 0.571. The molecule has 0 bridgehead atoms. The minimum atomic E-state index is -4.24. The van der Waals surface area contributed by atoms with Crippen LogP contribution < -0.4 is 10.2 Å². The normalized spacial score (nSPS) is 18.8. The second kappa shape index (κ2) is 6.23.